The van der Waals surface area contributed by atoms with Gasteiger partial charge in [-0.3, -0.25) is 0 Å². The molecule has 4 heteroatoms. The van der Waals surface area contributed by atoms with Crippen molar-refractivity contribution in [2.75, 3.05) is 13.2 Å². The summed E-state index contributed by atoms with van der Waals surface area (Å²) in [6, 6.07) is 15.3. The van der Waals surface area contributed by atoms with Gasteiger partial charge in [-0.15, -0.1) is 0 Å². The van der Waals surface area contributed by atoms with Gasteiger partial charge >= 0.3 is 0 Å². The number of thiocarbonyl (C=S) groups is 1. The second-order valence-electron chi connectivity index (χ2n) is 4.40. The van der Waals surface area contributed by atoms with Gasteiger partial charge < -0.3 is 15.2 Å². The van der Waals surface area contributed by atoms with Crippen molar-refractivity contribution in [1.82, 2.24) is 0 Å². The molecule has 0 saturated carbocycles. The van der Waals surface area contributed by atoms with Gasteiger partial charge in [0.1, 0.15) is 29.7 Å². The third kappa shape index (κ3) is 4.24. The lowest BCUT2D eigenvalue weighted by molar-refractivity contribution is 0.217. The second kappa shape index (κ2) is 6.91. The van der Waals surface area contributed by atoms with Gasteiger partial charge in [-0.2, -0.15) is 0 Å². The molecule has 0 atom stereocenters. The van der Waals surface area contributed by atoms with Crippen LogP contribution in [0.3, 0.4) is 0 Å². The highest BCUT2D eigenvalue weighted by Crippen LogP contribution is 2.13. The Morgan fingerprint density at radius 3 is 1.80 bits per heavy atom. The number of hydrogen-bond acceptors (Lipinski definition) is 3. The molecule has 0 bridgehead atoms. The van der Waals surface area contributed by atoms with Crippen LogP contribution in [-0.4, -0.2) is 18.2 Å². The minimum atomic E-state index is 0.388. The van der Waals surface area contributed by atoms with Gasteiger partial charge in [-0.25, -0.2) is 0 Å². The Balaban J connectivity index is 1.75. The smallest absolute Gasteiger partial charge is 0.122 e. The maximum atomic E-state index is 5.58. The van der Waals surface area contributed by atoms with Crippen LogP contribution in [0.25, 0.3) is 0 Å². The Labute approximate surface area is 124 Å². The molecule has 0 fully saturated rings. The SMILES string of the molecule is Cc1ccc(OCCOc2ccc(C(N)=S)cc2)cc1. The molecule has 2 N–H and O–H groups in total. The van der Waals surface area contributed by atoms with Crippen molar-refractivity contribution >= 4 is 17.2 Å². The van der Waals surface area contributed by atoms with Gasteiger partial charge in [0.05, 0.1) is 0 Å². The van der Waals surface area contributed by atoms with Crippen LogP contribution in [0.2, 0.25) is 0 Å². The van der Waals surface area contributed by atoms with Gasteiger partial charge in [-0.1, -0.05) is 29.9 Å². The van der Waals surface area contributed by atoms with Gasteiger partial charge in [0, 0.05) is 5.56 Å². The minimum Gasteiger partial charge on any atom is -0.490 e. The average Bonchev–Trinajstić information content (AvgIpc) is 2.46. The van der Waals surface area contributed by atoms with E-state index in [9.17, 15) is 0 Å². The minimum absolute atomic E-state index is 0.388. The Kier molecular flexibility index (Phi) is 4.96. The molecule has 2 aromatic carbocycles. The van der Waals surface area contributed by atoms with Crippen molar-refractivity contribution in [2.45, 2.75) is 6.92 Å². The monoisotopic (exact) mass is 287 g/mol. The van der Waals surface area contributed by atoms with E-state index in [1.165, 1.54) is 5.56 Å². The molecule has 20 heavy (non-hydrogen) atoms. The predicted molar refractivity (Wildman–Crippen MR) is 84.5 cm³/mol. The molecule has 0 aliphatic rings. The lowest BCUT2D eigenvalue weighted by Crippen LogP contribution is -2.10. The molecule has 0 amide bonds. The average molecular weight is 287 g/mol. The van der Waals surface area contributed by atoms with Crippen LogP contribution in [0.1, 0.15) is 11.1 Å². The molecule has 0 radical (unpaired) electrons. The molecule has 2 aromatic rings. The second-order valence-corrected chi connectivity index (χ2v) is 4.84. The molecule has 104 valence electrons. The number of ether oxygens (including phenoxy) is 2. The number of nitrogens with two attached hydrogens (primary N) is 1. The van der Waals surface area contributed by atoms with Gasteiger partial charge in [-0.05, 0) is 43.3 Å². The van der Waals surface area contributed by atoms with Crippen molar-refractivity contribution < 1.29 is 9.47 Å². The van der Waals surface area contributed by atoms with Crippen LogP contribution >= 0.6 is 12.2 Å². The van der Waals surface area contributed by atoms with Crippen LogP contribution in [0.15, 0.2) is 48.5 Å². The van der Waals surface area contributed by atoms with Crippen LogP contribution in [0.4, 0.5) is 0 Å². The highest BCUT2D eigenvalue weighted by atomic mass is 32.1. The quantitative estimate of drug-likeness (QED) is 0.655. The fourth-order valence-electron chi connectivity index (χ4n) is 1.67. The van der Waals surface area contributed by atoms with Gasteiger partial charge in [0.25, 0.3) is 0 Å². The normalized spacial score (nSPS) is 10.1. The number of aryl methyl sites for hydroxylation is 1. The summed E-state index contributed by atoms with van der Waals surface area (Å²) in [4.78, 5) is 0.388. The van der Waals surface area contributed by atoms with E-state index < -0.39 is 0 Å². The summed E-state index contributed by atoms with van der Waals surface area (Å²) in [6.45, 7) is 3.03. The zero-order chi connectivity index (χ0) is 14.4. The third-order valence-corrected chi connectivity index (χ3v) is 3.02. The van der Waals surface area contributed by atoms with Gasteiger partial charge in [0.15, 0.2) is 0 Å². The molecule has 0 aromatic heterocycles. The first-order valence-electron chi connectivity index (χ1n) is 6.37. The van der Waals surface area contributed by atoms with E-state index in [0.29, 0.717) is 18.2 Å². The highest BCUT2D eigenvalue weighted by Gasteiger charge is 1.98. The molecule has 0 heterocycles. The largest absolute Gasteiger partial charge is 0.490 e. The maximum absolute atomic E-state index is 5.58. The molecule has 0 aliphatic carbocycles. The predicted octanol–water partition coefficient (Wildman–Crippen LogP) is 3.09. The molecule has 0 aliphatic heterocycles. The fourth-order valence-corrected chi connectivity index (χ4v) is 1.81. The Morgan fingerprint density at radius 1 is 0.900 bits per heavy atom. The first-order chi connectivity index (χ1) is 9.65. The van der Waals surface area contributed by atoms with E-state index in [0.717, 1.165) is 17.1 Å². The topological polar surface area (TPSA) is 44.5 Å². The zero-order valence-corrected chi connectivity index (χ0v) is 12.2. The van der Waals surface area contributed by atoms with Crippen molar-refractivity contribution in [3.05, 3.63) is 59.7 Å². The lowest BCUT2D eigenvalue weighted by Gasteiger charge is -2.09. The number of benzene rings is 2. The van der Waals surface area contributed by atoms with Crippen molar-refractivity contribution in [2.24, 2.45) is 5.73 Å². The summed E-state index contributed by atoms with van der Waals surface area (Å²) in [5.41, 5.74) is 7.58. The standard InChI is InChI=1S/C16H17NO2S/c1-12-2-6-14(7-3-12)18-10-11-19-15-8-4-13(5-9-15)16(17)20/h2-9H,10-11H2,1H3,(H2,17,20). The van der Waals surface area contributed by atoms with E-state index in [2.05, 4.69) is 0 Å². The van der Waals surface area contributed by atoms with Crippen LogP contribution in [0, 0.1) is 6.92 Å². The van der Waals surface area contributed by atoms with Crippen LogP contribution in [-0.2, 0) is 0 Å². The van der Waals surface area contributed by atoms with Crippen LogP contribution in [0.5, 0.6) is 11.5 Å². The first kappa shape index (κ1) is 14.3. The summed E-state index contributed by atoms with van der Waals surface area (Å²) in [6.07, 6.45) is 0. The third-order valence-electron chi connectivity index (χ3n) is 2.78. The Morgan fingerprint density at radius 2 is 1.35 bits per heavy atom. The molecule has 2 rings (SSSR count). The van der Waals surface area contributed by atoms with E-state index in [4.69, 9.17) is 27.4 Å². The molecule has 3 nitrogen and oxygen atoms in total. The molecular weight excluding hydrogens is 270 g/mol. The van der Waals surface area contributed by atoms with E-state index in [1.54, 1.807) is 0 Å². The first-order valence-corrected chi connectivity index (χ1v) is 6.78. The summed E-state index contributed by atoms with van der Waals surface area (Å²) in [7, 11) is 0. The van der Waals surface area contributed by atoms with Crippen molar-refractivity contribution in [3.63, 3.8) is 0 Å². The van der Waals surface area contributed by atoms with Crippen LogP contribution < -0.4 is 15.2 Å². The fraction of sp³-hybridized carbons (Fsp3) is 0.188. The summed E-state index contributed by atoms with van der Waals surface area (Å²) < 4.78 is 11.2. The zero-order valence-electron chi connectivity index (χ0n) is 11.3. The molecule has 0 saturated heterocycles. The van der Waals surface area contributed by atoms with Gasteiger partial charge in [0.2, 0.25) is 0 Å². The van der Waals surface area contributed by atoms with E-state index in [1.807, 2.05) is 55.5 Å². The summed E-state index contributed by atoms with van der Waals surface area (Å²) >= 11 is 4.89. The molecule has 0 spiro atoms. The molecule has 0 unspecified atom stereocenters. The number of hydrogen-bond donors (Lipinski definition) is 1. The Hall–Kier alpha value is -2.07. The Bertz CT molecular complexity index is 564. The van der Waals surface area contributed by atoms with Crippen molar-refractivity contribution in [3.8, 4) is 11.5 Å². The molecular formula is C16H17NO2S. The van der Waals surface area contributed by atoms with Crippen molar-refractivity contribution in [1.29, 1.82) is 0 Å². The number of rotatable bonds is 6. The summed E-state index contributed by atoms with van der Waals surface area (Å²) in [5, 5.41) is 0. The highest BCUT2D eigenvalue weighted by molar-refractivity contribution is 7.80. The lowest BCUT2D eigenvalue weighted by atomic mass is 10.2. The van der Waals surface area contributed by atoms with E-state index in [-0.39, 0.29) is 0 Å². The maximum Gasteiger partial charge on any atom is 0.122 e. The van der Waals surface area contributed by atoms with E-state index >= 15 is 0 Å². The summed E-state index contributed by atoms with van der Waals surface area (Å²) in [5.74, 6) is 1.63.